The quantitative estimate of drug-likeness (QED) is 0.869. The average Bonchev–Trinajstić information content (AvgIpc) is 2.95. The molecule has 2 fully saturated rings. The summed E-state index contributed by atoms with van der Waals surface area (Å²) in [4.78, 5) is 9.32. The van der Waals surface area contributed by atoms with Gasteiger partial charge in [0.25, 0.3) is 0 Å². The molecule has 2 atom stereocenters. The maximum atomic E-state index is 4.13. The van der Waals surface area contributed by atoms with Gasteiger partial charge < -0.3 is 4.90 Å². The summed E-state index contributed by atoms with van der Waals surface area (Å²) in [6, 6.07) is 16.1. The van der Waals surface area contributed by atoms with E-state index in [9.17, 15) is 0 Å². The zero-order chi connectivity index (χ0) is 15.7. The summed E-state index contributed by atoms with van der Waals surface area (Å²) >= 11 is 0. The van der Waals surface area contributed by atoms with E-state index < -0.39 is 0 Å². The third-order valence-corrected chi connectivity index (χ3v) is 5.89. The van der Waals surface area contributed by atoms with Crippen molar-refractivity contribution >= 4 is 0 Å². The first kappa shape index (κ1) is 14.9. The number of fused-ring (bicyclic) bond motifs is 1. The smallest absolute Gasteiger partial charge is 0.0318 e. The van der Waals surface area contributed by atoms with E-state index in [0.29, 0.717) is 11.5 Å². The minimum atomic E-state index is 0.352. The average molecular weight is 307 g/mol. The minimum absolute atomic E-state index is 0.352. The van der Waals surface area contributed by atoms with E-state index in [2.05, 4.69) is 64.3 Å². The van der Waals surface area contributed by atoms with Gasteiger partial charge in [-0.3, -0.25) is 9.88 Å². The normalized spacial score (nSPS) is 28.7. The summed E-state index contributed by atoms with van der Waals surface area (Å²) in [5.41, 5.74) is 3.26. The van der Waals surface area contributed by atoms with Crippen molar-refractivity contribution in [2.75, 3.05) is 26.7 Å². The fourth-order valence-electron chi connectivity index (χ4n) is 4.56. The van der Waals surface area contributed by atoms with Crippen molar-refractivity contribution in [2.24, 2.45) is 0 Å². The Bertz CT molecular complexity index is 642. The highest BCUT2D eigenvalue weighted by molar-refractivity contribution is 5.31. The maximum absolute atomic E-state index is 4.13. The number of likely N-dealkylation sites (N-methyl/N-ethyl adjacent to an activating group) is 1. The molecule has 2 unspecified atom stereocenters. The van der Waals surface area contributed by atoms with Crippen LogP contribution < -0.4 is 0 Å². The van der Waals surface area contributed by atoms with Crippen LogP contribution in [-0.4, -0.2) is 47.5 Å². The van der Waals surface area contributed by atoms with Gasteiger partial charge in [-0.05, 0) is 56.2 Å². The van der Waals surface area contributed by atoms with Gasteiger partial charge in [-0.15, -0.1) is 0 Å². The highest BCUT2D eigenvalue weighted by Crippen LogP contribution is 2.45. The van der Waals surface area contributed by atoms with Crippen LogP contribution in [0, 0.1) is 0 Å². The molecule has 0 saturated carbocycles. The van der Waals surface area contributed by atoms with E-state index in [-0.39, 0.29) is 0 Å². The van der Waals surface area contributed by atoms with Crippen LogP contribution in [0.3, 0.4) is 0 Å². The third kappa shape index (κ3) is 2.68. The van der Waals surface area contributed by atoms with Crippen LogP contribution in [0.15, 0.2) is 54.9 Å². The van der Waals surface area contributed by atoms with Crippen LogP contribution >= 0.6 is 0 Å². The number of hydrogen-bond acceptors (Lipinski definition) is 3. The molecule has 1 aromatic heterocycles. The Morgan fingerprint density at radius 2 is 1.78 bits per heavy atom. The summed E-state index contributed by atoms with van der Waals surface area (Å²) in [6.07, 6.45) is 6.35. The van der Waals surface area contributed by atoms with Crippen LogP contribution in [0.2, 0.25) is 0 Å². The monoisotopic (exact) mass is 307 g/mol. The topological polar surface area (TPSA) is 19.4 Å². The predicted molar refractivity (Wildman–Crippen MR) is 93.3 cm³/mol. The molecule has 3 heteroatoms. The molecule has 23 heavy (non-hydrogen) atoms. The van der Waals surface area contributed by atoms with Crippen LogP contribution in [-0.2, 0) is 12.0 Å². The molecule has 3 nitrogen and oxygen atoms in total. The Kier molecular flexibility index (Phi) is 3.92. The number of piperidine rings is 1. The van der Waals surface area contributed by atoms with Crippen LogP contribution in [0.5, 0.6) is 0 Å². The summed E-state index contributed by atoms with van der Waals surface area (Å²) in [6.45, 7) is 4.59. The lowest BCUT2D eigenvalue weighted by Gasteiger charge is -2.46. The van der Waals surface area contributed by atoms with Crippen molar-refractivity contribution < 1.29 is 0 Å². The van der Waals surface area contributed by atoms with Crippen molar-refractivity contribution in [3.8, 4) is 0 Å². The first-order valence-corrected chi connectivity index (χ1v) is 8.65. The molecule has 0 aliphatic carbocycles. The first-order valence-electron chi connectivity index (χ1n) is 8.65. The Balaban J connectivity index is 1.56. The number of likely N-dealkylation sites (tertiary alicyclic amines) is 2. The Labute approximate surface area is 139 Å². The van der Waals surface area contributed by atoms with Gasteiger partial charge in [0.1, 0.15) is 0 Å². The second kappa shape index (κ2) is 6.06. The molecule has 0 N–H and O–H groups in total. The van der Waals surface area contributed by atoms with Crippen molar-refractivity contribution in [3.05, 3.63) is 66.0 Å². The van der Waals surface area contributed by atoms with E-state index in [1.165, 1.54) is 37.1 Å². The Hall–Kier alpha value is -1.71. The Morgan fingerprint density at radius 1 is 1.04 bits per heavy atom. The van der Waals surface area contributed by atoms with Gasteiger partial charge in [0.2, 0.25) is 0 Å². The molecule has 0 radical (unpaired) electrons. The molecule has 1 aromatic carbocycles. The van der Waals surface area contributed by atoms with E-state index in [4.69, 9.17) is 0 Å². The zero-order valence-electron chi connectivity index (χ0n) is 13.9. The number of hydrogen-bond donors (Lipinski definition) is 0. The largest absolute Gasteiger partial charge is 0.301 e. The van der Waals surface area contributed by atoms with E-state index in [0.717, 1.165) is 13.1 Å². The van der Waals surface area contributed by atoms with Gasteiger partial charge >= 0.3 is 0 Å². The summed E-state index contributed by atoms with van der Waals surface area (Å²) in [5.74, 6) is 0. The van der Waals surface area contributed by atoms with E-state index in [1.54, 1.807) is 0 Å². The van der Waals surface area contributed by atoms with Crippen LogP contribution in [0.1, 0.15) is 24.0 Å². The van der Waals surface area contributed by atoms with E-state index in [1.807, 2.05) is 12.4 Å². The van der Waals surface area contributed by atoms with Gasteiger partial charge in [-0.2, -0.15) is 0 Å². The molecule has 120 valence electrons. The SMILES string of the molecule is CN1CCC2(c3ccccc3)CCN(Cc3ccncc3)CC12. The maximum Gasteiger partial charge on any atom is 0.0318 e. The second-order valence-electron chi connectivity index (χ2n) is 7.11. The molecule has 2 aliphatic rings. The first-order chi connectivity index (χ1) is 11.3. The van der Waals surface area contributed by atoms with Gasteiger partial charge in [0, 0.05) is 36.9 Å². The fourth-order valence-corrected chi connectivity index (χ4v) is 4.56. The summed E-state index contributed by atoms with van der Waals surface area (Å²) < 4.78 is 0. The summed E-state index contributed by atoms with van der Waals surface area (Å²) in [5, 5.41) is 0. The highest BCUT2D eigenvalue weighted by atomic mass is 15.3. The molecule has 2 saturated heterocycles. The highest BCUT2D eigenvalue weighted by Gasteiger charge is 2.49. The van der Waals surface area contributed by atoms with Gasteiger partial charge in [0.05, 0.1) is 0 Å². The number of nitrogens with zero attached hydrogens (tertiary/aromatic N) is 3. The minimum Gasteiger partial charge on any atom is -0.301 e. The van der Waals surface area contributed by atoms with Crippen molar-refractivity contribution in [3.63, 3.8) is 0 Å². The molecule has 0 spiro atoms. The van der Waals surface area contributed by atoms with Crippen LogP contribution in [0.4, 0.5) is 0 Å². The lowest BCUT2D eigenvalue weighted by Crippen LogP contribution is -2.54. The van der Waals surface area contributed by atoms with Crippen molar-refractivity contribution in [1.82, 2.24) is 14.8 Å². The number of benzene rings is 1. The zero-order valence-corrected chi connectivity index (χ0v) is 13.9. The lowest BCUT2D eigenvalue weighted by atomic mass is 9.69. The number of rotatable bonds is 3. The number of pyridine rings is 1. The van der Waals surface area contributed by atoms with Crippen molar-refractivity contribution in [1.29, 1.82) is 0 Å². The van der Waals surface area contributed by atoms with E-state index >= 15 is 0 Å². The van der Waals surface area contributed by atoms with Gasteiger partial charge in [-0.1, -0.05) is 30.3 Å². The molecular formula is C20H25N3. The molecule has 3 heterocycles. The molecule has 2 aromatic rings. The standard InChI is InChI=1S/C20H25N3/c1-22-13-9-20(18-5-3-2-4-6-18)10-14-23(16-19(20)22)15-17-7-11-21-12-8-17/h2-8,11-12,19H,9-10,13-16H2,1H3. The summed E-state index contributed by atoms with van der Waals surface area (Å²) in [7, 11) is 2.30. The second-order valence-corrected chi connectivity index (χ2v) is 7.11. The predicted octanol–water partition coefficient (Wildman–Crippen LogP) is 2.93. The van der Waals surface area contributed by atoms with Gasteiger partial charge in [0.15, 0.2) is 0 Å². The van der Waals surface area contributed by atoms with Gasteiger partial charge in [-0.25, -0.2) is 0 Å². The Morgan fingerprint density at radius 3 is 2.57 bits per heavy atom. The molecule has 0 amide bonds. The fraction of sp³-hybridized carbons (Fsp3) is 0.450. The third-order valence-electron chi connectivity index (χ3n) is 5.89. The molecule has 4 rings (SSSR count). The van der Waals surface area contributed by atoms with Crippen LogP contribution in [0.25, 0.3) is 0 Å². The number of aromatic nitrogens is 1. The molecular weight excluding hydrogens is 282 g/mol. The molecule has 0 bridgehead atoms. The van der Waals surface area contributed by atoms with Crippen molar-refractivity contribution in [2.45, 2.75) is 30.8 Å². The molecule has 2 aliphatic heterocycles. The lowest BCUT2D eigenvalue weighted by molar-refractivity contribution is 0.0917.